The van der Waals surface area contributed by atoms with Gasteiger partial charge in [-0.2, -0.15) is 0 Å². The number of esters is 1. The number of Topliss-reactive ketones (excluding diaryl/α,β-unsaturated/α-hetero) is 1. The van der Waals surface area contributed by atoms with Gasteiger partial charge in [0.05, 0.1) is 39.3 Å². The van der Waals surface area contributed by atoms with Crippen LogP contribution in [0.1, 0.15) is 58.4 Å². The molecule has 7 nitrogen and oxygen atoms in total. The molecule has 2 heterocycles. The zero-order valence-corrected chi connectivity index (χ0v) is 27.8. The van der Waals surface area contributed by atoms with Crippen LogP contribution in [0.2, 0.25) is 5.02 Å². The first-order valence-corrected chi connectivity index (χ1v) is 16.6. The number of amides is 2. The van der Waals surface area contributed by atoms with Gasteiger partial charge < -0.3 is 4.74 Å². The van der Waals surface area contributed by atoms with E-state index in [4.69, 9.17) is 32.9 Å². The standard InChI is InChI=1S/C35H28BrCl2FN2O5/c1-18-30(38)27(36)16-25-26(35(45)46-29(14-15-37)32(42)20-6-10-21(39)11-7-20)17-28(40-31(18)25)19-8-12-22(13-9-19)41-33(43)23-4-2-3-5-24(23)34(41)44/h6-13,16-17,23-24,29H,2-5,14-15H2,1H3. The summed E-state index contributed by atoms with van der Waals surface area (Å²) in [6, 6.07) is 15.1. The number of hydrogen-bond acceptors (Lipinski definition) is 6. The fraction of sp³-hybridized carbons (Fsp3) is 0.286. The molecule has 46 heavy (non-hydrogen) atoms. The molecule has 0 N–H and O–H groups in total. The molecule has 1 aliphatic carbocycles. The first-order chi connectivity index (χ1) is 22.1. The third kappa shape index (κ3) is 5.96. The molecule has 3 aromatic carbocycles. The molecule has 0 spiro atoms. The SMILES string of the molecule is Cc1c(Cl)c(Br)cc2c(C(=O)OC(CCCl)C(=O)c3ccc(F)cc3)cc(-c3ccc(N4C(=O)C5CCCCC5C4=O)cc3)nc12. The third-order valence-electron chi connectivity index (χ3n) is 8.75. The Hall–Kier alpha value is -3.66. The van der Waals surface area contributed by atoms with E-state index in [-0.39, 0.29) is 47.1 Å². The molecule has 2 fully saturated rings. The third-order valence-corrected chi connectivity index (χ3v) is 10.3. The number of carbonyl (C=O) groups excluding carboxylic acids is 4. The lowest BCUT2D eigenvalue weighted by Crippen LogP contribution is -2.30. The van der Waals surface area contributed by atoms with E-state index in [9.17, 15) is 23.6 Å². The van der Waals surface area contributed by atoms with Crippen LogP contribution in [0.4, 0.5) is 10.1 Å². The number of anilines is 1. The summed E-state index contributed by atoms with van der Waals surface area (Å²) in [4.78, 5) is 59.4. The number of imide groups is 1. The second-order valence-corrected chi connectivity index (χ2v) is 13.2. The zero-order valence-electron chi connectivity index (χ0n) is 24.7. The second kappa shape index (κ2) is 13.2. The lowest BCUT2D eigenvalue weighted by atomic mass is 9.81. The molecule has 11 heteroatoms. The van der Waals surface area contributed by atoms with Crippen LogP contribution in [0.25, 0.3) is 22.2 Å². The summed E-state index contributed by atoms with van der Waals surface area (Å²) in [5.41, 5.74) is 2.92. The van der Waals surface area contributed by atoms with Crippen LogP contribution < -0.4 is 4.90 Å². The van der Waals surface area contributed by atoms with Crippen molar-refractivity contribution in [3.8, 4) is 11.3 Å². The number of hydrogen-bond donors (Lipinski definition) is 0. The Bertz CT molecular complexity index is 1860. The van der Waals surface area contributed by atoms with Crippen molar-refractivity contribution in [3.63, 3.8) is 0 Å². The highest BCUT2D eigenvalue weighted by atomic mass is 79.9. The van der Waals surface area contributed by atoms with Crippen molar-refractivity contribution in [1.29, 1.82) is 0 Å². The molecule has 4 aromatic rings. The second-order valence-electron chi connectivity index (χ2n) is 11.5. The van der Waals surface area contributed by atoms with Crippen molar-refractivity contribution < 1.29 is 28.3 Å². The molecule has 1 aliphatic heterocycles. The number of alkyl halides is 1. The summed E-state index contributed by atoms with van der Waals surface area (Å²) in [6.45, 7) is 1.78. The van der Waals surface area contributed by atoms with Gasteiger partial charge in [0.25, 0.3) is 0 Å². The number of nitrogens with zero attached hydrogens (tertiary/aromatic N) is 2. The first kappa shape index (κ1) is 32.3. The number of aromatic nitrogens is 1. The highest BCUT2D eigenvalue weighted by Crippen LogP contribution is 2.41. The van der Waals surface area contributed by atoms with Gasteiger partial charge in [-0.15, -0.1) is 11.6 Å². The zero-order chi connectivity index (χ0) is 32.7. The van der Waals surface area contributed by atoms with Gasteiger partial charge in [0.15, 0.2) is 6.10 Å². The Balaban J connectivity index is 1.36. The Kier molecular flexibility index (Phi) is 9.28. The number of carbonyl (C=O) groups is 4. The van der Waals surface area contributed by atoms with Gasteiger partial charge in [0, 0.05) is 33.3 Å². The molecule has 236 valence electrons. The fourth-order valence-corrected chi connectivity index (χ4v) is 7.18. The predicted molar refractivity (Wildman–Crippen MR) is 178 cm³/mol. The van der Waals surface area contributed by atoms with Crippen LogP contribution in [0.15, 0.2) is 65.1 Å². The van der Waals surface area contributed by atoms with Crippen LogP contribution in [0.5, 0.6) is 0 Å². The molecule has 3 unspecified atom stereocenters. The highest BCUT2D eigenvalue weighted by molar-refractivity contribution is 9.10. The molecule has 1 saturated carbocycles. The molecule has 2 amide bonds. The molecule has 3 atom stereocenters. The molecule has 0 radical (unpaired) electrons. The summed E-state index contributed by atoms with van der Waals surface area (Å²) in [7, 11) is 0. The van der Waals surface area contributed by atoms with Gasteiger partial charge in [0.1, 0.15) is 5.82 Å². The minimum atomic E-state index is -1.21. The largest absolute Gasteiger partial charge is 0.450 e. The minimum Gasteiger partial charge on any atom is -0.450 e. The van der Waals surface area contributed by atoms with Gasteiger partial charge in [-0.1, -0.05) is 36.6 Å². The van der Waals surface area contributed by atoms with Crippen LogP contribution in [-0.4, -0.2) is 40.5 Å². The van der Waals surface area contributed by atoms with E-state index in [2.05, 4.69) is 15.9 Å². The number of benzene rings is 3. The number of fused-ring (bicyclic) bond motifs is 2. The molecule has 0 bridgehead atoms. The maximum atomic E-state index is 13.8. The number of pyridine rings is 1. The van der Waals surface area contributed by atoms with Crippen LogP contribution in [-0.2, 0) is 14.3 Å². The minimum absolute atomic E-state index is 0.0450. The molecule has 2 aliphatic rings. The Labute approximate surface area is 283 Å². The number of aryl methyl sites for hydroxylation is 1. The van der Waals surface area contributed by atoms with Gasteiger partial charge in [-0.25, -0.2) is 14.2 Å². The summed E-state index contributed by atoms with van der Waals surface area (Å²) >= 11 is 16.0. The summed E-state index contributed by atoms with van der Waals surface area (Å²) in [6.07, 6.45) is 2.17. The van der Waals surface area contributed by atoms with Crippen molar-refractivity contribution in [2.45, 2.75) is 45.1 Å². The normalized spacial score (nSPS) is 18.5. The summed E-state index contributed by atoms with van der Waals surface area (Å²) in [5.74, 6) is -2.58. The molecule has 6 rings (SSSR count). The molecular formula is C35H28BrCl2FN2O5. The Morgan fingerprint density at radius 3 is 2.26 bits per heavy atom. The number of rotatable bonds is 8. The van der Waals surface area contributed by atoms with Crippen molar-refractivity contribution >= 4 is 79.3 Å². The van der Waals surface area contributed by atoms with Crippen LogP contribution in [0, 0.1) is 24.6 Å². The summed E-state index contributed by atoms with van der Waals surface area (Å²) in [5, 5.41) is 0.875. The summed E-state index contributed by atoms with van der Waals surface area (Å²) < 4.78 is 19.8. The van der Waals surface area contributed by atoms with Crippen LogP contribution >= 0.6 is 39.1 Å². The quantitative estimate of drug-likeness (QED) is 0.0783. The maximum Gasteiger partial charge on any atom is 0.339 e. The predicted octanol–water partition coefficient (Wildman–Crippen LogP) is 8.48. The van der Waals surface area contributed by atoms with E-state index in [1.807, 2.05) is 0 Å². The van der Waals surface area contributed by atoms with Crippen molar-refractivity contribution in [2.75, 3.05) is 10.8 Å². The number of ketones is 1. The molecule has 1 saturated heterocycles. The monoisotopic (exact) mass is 724 g/mol. The topological polar surface area (TPSA) is 93.6 Å². The van der Waals surface area contributed by atoms with E-state index in [0.29, 0.717) is 42.9 Å². The Morgan fingerprint density at radius 1 is 1.02 bits per heavy atom. The van der Waals surface area contributed by atoms with Gasteiger partial charge >= 0.3 is 5.97 Å². The lowest BCUT2D eigenvalue weighted by molar-refractivity contribution is -0.122. The van der Waals surface area contributed by atoms with Crippen molar-refractivity contribution in [2.24, 2.45) is 11.8 Å². The smallest absolute Gasteiger partial charge is 0.339 e. The van der Waals surface area contributed by atoms with E-state index < -0.39 is 23.7 Å². The van der Waals surface area contributed by atoms with Crippen molar-refractivity contribution in [3.05, 3.63) is 92.7 Å². The fourth-order valence-electron chi connectivity index (χ4n) is 6.31. The van der Waals surface area contributed by atoms with E-state index in [0.717, 1.165) is 37.8 Å². The van der Waals surface area contributed by atoms with Gasteiger partial charge in [-0.05, 0) is 89.8 Å². The molecular weight excluding hydrogens is 698 g/mol. The van der Waals surface area contributed by atoms with E-state index in [1.165, 1.54) is 17.0 Å². The highest BCUT2D eigenvalue weighted by Gasteiger charge is 2.48. The Morgan fingerprint density at radius 2 is 1.65 bits per heavy atom. The average molecular weight is 726 g/mol. The van der Waals surface area contributed by atoms with E-state index >= 15 is 0 Å². The molecule has 1 aromatic heterocycles. The number of ether oxygens (including phenoxy) is 1. The first-order valence-electron chi connectivity index (χ1n) is 14.9. The van der Waals surface area contributed by atoms with Crippen molar-refractivity contribution in [1.82, 2.24) is 4.98 Å². The number of halogens is 4. The maximum absolute atomic E-state index is 13.8. The van der Waals surface area contributed by atoms with Gasteiger partial charge in [-0.3, -0.25) is 19.3 Å². The van der Waals surface area contributed by atoms with Crippen LogP contribution in [0.3, 0.4) is 0 Å². The van der Waals surface area contributed by atoms with E-state index in [1.54, 1.807) is 43.3 Å². The lowest BCUT2D eigenvalue weighted by Gasteiger charge is -2.19. The van der Waals surface area contributed by atoms with Gasteiger partial charge in [0.2, 0.25) is 17.6 Å². The average Bonchev–Trinajstić information content (AvgIpc) is 3.32.